The highest BCUT2D eigenvalue weighted by molar-refractivity contribution is 6.03. The highest BCUT2D eigenvalue weighted by Crippen LogP contribution is 2.37. The van der Waals surface area contributed by atoms with E-state index in [0.717, 1.165) is 39.7 Å². The Bertz CT molecular complexity index is 1080. The smallest absolute Gasteiger partial charge is 0.126 e. The van der Waals surface area contributed by atoms with Gasteiger partial charge in [0.1, 0.15) is 29.2 Å². The number of methoxy groups -OCH3 is 3. The van der Waals surface area contributed by atoms with Gasteiger partial charge in [-0.25, -0.2) is 0 Å². The number of phenolic OH excluding ortho intramolecular Hbond substituents is 1. The van der Waals surface area contributed by atoms with Gasteiger partial charge < -0.3 is 19.3 Å². The summed E-state index contributed by atoms with van der Waals surface area (Å²) in [5.74, 6) is 2.53. The first kappa shape index (κ1) is 20.8. The predicted molar refractivity (Wildman–Crippen MR) is 120 cm³/mol. The SMILES string of the molecule is COc1ccc(C2N=C(c3ccccc3O)CC(c3cc(OC)ccc3OC)N2)cc1. The van der Waals surface area contributed by atoms with Crippen LogP contribution < -0.4 is 19.5 Å². The average molecular weight is 418 g/mol. The molecule has 0 saturated carbocycles. The molecule has 0 fully saturated rings. The maximum atomic E-state index is 10.5. The molecule has 3 aromatic carbocycles. The molecule has 6 nitrogen and oxygen atoms in total. The fraction of sp³-hybridized carbons (Fsp3) is 0.240. The van der Waals surface area contributed by atoms with Gasteiger partial charge in [0.25, 0.3) is 0 Å². The van der Waals surface area contributed by atoms with Crippen molar-refractivity contribution < 1.29 is 19.3 Å². The summed E-state index contributed by atoms with van der Waals surface area (Å²) in [6.07, 6.45) is 0.295. The number of aromatic hydroxyl groups is 1. The molecule has 0 radical (unpaired) electrons. The zero-order valence-electron chi connectivity index (χ0n) is 17.8. The minimum Gasteiger partial charge on any atom is -0.507 e. The van der Waals surface area contributed by atoms with E-state index in [0.29, 0.717) is 6.42 Å². The zero-order chi connectivity index (χ0) is 21.8. The Labute approximate surface area is 182 Å². The van der Waals surface area contributed by atoms with E-state index in [1.165, 1.54) is 0 Å². The molecule has 2 unspecified atom stereocenters. The number of ether oxygens (including phenoxy) is 3. The standard InChI is InChI=1S/C25H26N2O4/c1-29-17-10-8-16(9-11-17)25-26-21(19-6-4-5-7-23(19)28)15-22(27-25)20-14-18(30-2)12-13-24(20)31-3/h4-14,22,25,27-28H,15H2,1-3H3. The molecule has 6 heteroatoms. The molecule has 2 atom stereocenters. The number of aliphatic imine (C=N–C) groups is 1. The topological polar surface area (TPSA) is 72.3 Å². The molecule has 160 valence electrons. The van der Waals surface area contributed by atoms with Crippen molar-refractivity contribution in [2.24, 2.45) is 4.99 Å². The summed E-state index contributed by atoms with van der Waals surface area (Å²) in [6.45, 7) is 0. The van der Waals surface area contributed by atoms with Gasteiger partial charge in [-0.3, -0.25) is 10.3 Å². The molecule has 1 aliphatic rings. The van der Waals surface area contributed by atoms with Gasteiger partial charge in [0.15, 0.2) is 0 Å². The molecule has 0 aliphatic carbocycles. The minimum atomic E-state index is -0.296. The van der Waals surface area contributed by atoms with Crippen LogP contribution >= 0.6 is 0 Å². The van der Waals surface area contributed by atoms with Crippen molar-refractivity contribution in [1.29, 1.82) is 0 Å². The van der Waals surface area contributed by atoms with Gasteiger partial charge in [-0.1, -0.05) is 24.3 Å². The van der Waals surface area contributed by atoms with Crippen molar-refractivity contribution >= 4 is 5.71 Å². The first-order valence-electron chi connectivity index (χ1n) is 10.1. The van der Waals surface area contributed by atoms with Crippen molar-refractivity contribution in [3.63, 3.8) is 0 Å². The van der Waals surface area contributed by atoms with Gasteiger partial charge in [-0.05, 0) is 48.0 Å². The van der Waals surface area contributed by atoms with Crippen molar-refractivity contribution in [2.75, 3.05) is 21.3 Å². The molecule has 0 bridgehead atoms. The Morgan fingerprint density at radius 3 is 2.26 bits per heavy atom. The maximum absolute atomic E-state index is 10.5. The average Bonchev–Trinajstić information content (AvgIpc) is 2.83. The molecule has 1 aliphatic heterocycles. The number of nitrogens with one attached hydrogen (secondary N) is 1. The van der Waals surface area contributed by atoms with Gasteiger partial charge >= 0.3 is 0 Å². The Balaban J connectivity index is 1.78. The van der Waals surface area contributed by atoms with Crippen LogP contribution in [-0.4, -0.2) is 32.1 Å². The molecule has 3 aromatic rings. The Morgan fingerprint density at radius 1 is 0.871 bits per heavy atom. The van der Waals surface area contributed by atoms with Gasteiger partial charge in [-0.15, -0.1) is 0 Å². The lowest BCUT2D eigenvalue weighted by Crippen LogP contribution is -2.33. The van der Waals surface area contributed by atoms with Crippen molar-refractivity contribution in [3.8, 4) is 23.0 Å². The van der Waals surface area contributed by atoms with Gasteiger partial charge in [0, 0.05) is 23.6 Å². The quantitative estimate of drug-likeness (QED) is 0.610. The third-order valence-corrected chi connectivity index (χ3v) is 5.50. The number of phenols is 1. The second kappa shape index (κ2) is 9.10. The van der Waals surface area contributed by atoms with Crippen LogP contribution in [0.1, 0.15) is 35.3 Å². The first-order chi connectivity index (χ1) is 15.1. The second-order valence-electron chi connectivity index (χ2n) is 7.30. The van der Waals surface area contributed by atoms with E-state index in [-0.39, 0.29) is 18.0 Å². The lowest BCUT2D eigenvalue weighted by Gasteiger charge is -2.31. The van der Waals surface area contributed by atoms with Crippen LogP contribution in [0.15, 0.2) is 71.7 Å². The molecule has 0 aromatic heterocycles. The van der Waals surface area contributed by atoms with Crippen LogP contribution in [0.5, 0.6) is 23.0 Å². The molecule has 0 amide bonds. The van der Waals surface area contributed by atoms with E-state index in [1.807, 2.05) is 60.7 Å². The van der Waals surface area contributed by atoms with Crippen LogP contribution in [-0.2, 0) is 0 Å². The number of hydrogen-bond acceptors (Lipinski definition) is 6. The van der Waals surface area contributed by atoms with Crippen molar-refractivity contribution in [1.82, 2.24) is 5.32 Å². The van der Waals surface area contributed by atoms with Crippen LogP contribution in [0, 0.1) is 0 Å². The Morgan fingerprint density at radius 2 is 1.58 bits per heavy atom. The fourth-order valence-corrected chi connectivity index (χ4v) is 3.85. The Hall–Kier alpha value is -3.51. The van der Waals surface area contributed by atoms with E-state index in [1.54, 1.807) is 27.4 Å². The summed E-state index contributed by atoms with van der Waals surface area (Å²) in [5.41, 5.74) is 3.53. The van der Waals surface area contributed by atoms with Crippen LogP contribution in [0.2, 0.25) is 0 Å². The van der Waals surface area contributed by atoms with E-state index in [9.17, 15) is 5.11 Å². The molecular formula is C25H26N2O4. The van der Waals surface area contributed by atoms with Crippen molar-refractivity contribution in [2.45, 2.75) is 18.6 Å². The maximum Gasteiger partial charge on any atom is 0.126 e. The Kier molecular flexibility index (Phi) is 6.09. The number of rotatable bonds is 6. The summed E-state index contributed by atoms with van der Waals surface area (Å²) in [5, 5.41) is 14.1. The molecule has 2 N–H and O–H groups in total. The highest BCUT2D eigenvalue weighted by Gasteiger charge is 2.29. The third kappa shape index (κ3) is 4.34. The number of benzene rings is 3. The van der Waals surface area contributed by atoms with Gasteiger partial charge in [-0.2, -0.15) is 0 Å². The minimum absolute atomic E-state index is 0.0933. The molecule has 0 spiro atoms. The van der Waals surface area contributed by atoms with Crippen LogP contribution in [0.3, 0.4) is 0 Å². The van der Waals surface area contributed by atoms with E-state index in [2.05, 4.69) is 5.32 Å². The summed E-state index contributed by atoms with van der Waals surface area (Å²) < 4.78 is 16.4. The summed E-state index contributed by atoms with van der Waals surface area (Å²) in [6, 6.07) is 20.8. The first-order valence-corrected chi connectivity index (χ1v) is 10.1. The zero-order valence-corrected chi connectivity index (χ0v) is 17.8. The van der Waals surface area contributed by atoms with Gasteiger partial charge in [0.05, 0.1) is 27.0 Å². The second-order valence-corrected chi connectivity index (χ2v) is 7.30. The number of para-hydroxylation sites is 1. The van der Waals surface area contributed by atoms with Crippen LogP contribution in [0.4, 0.5) is 0 Å². The van der Waals surface area contributed by atoms with Crippen molar-refractivity contribution in [3.05, 3.63) is 83.4 Å². The lowest BCUT2D eigenvalue weighted by molar-refractivity contribution is 0.378. The number of hydrogen-bond donors (Lipinski definition) is 2. The lowest BCUT2D eigenvalue weighted by atomic mass is 9.93. The molecular weight excluding hydrogens is 392 g/mol. The fourth-order valence-electron chi connectivity index (χ4n) is 3.85. The monoisotopic (exact) mass is 418 g/mol. The molecule has 31 heavy (non-hydrogen) atoms. The molecule has 0 saturated heterocycles. The van der Waals surface area contributed by atoms with Crippen LogP contribution in [0.25, 0.3) is 0 Å². The highest BCUT2D eigenvalue weighted by atomic mass is 16.5. The summed E-state index contributed by atoms with van der Waals surface area (Å²) in [4.78, 5) is 4.95. The largest absolute Gasteiger partial charge is 0.507 e. The van der Waals surface area contributed by atoms with E-state index >= 15 is 0 Å². The van der Waals surface area contributed by atoms with E-state index in [4.69, 9.17) is 19.2 Å². The summed E-state index contributed by atoms with van der Waals surface area (Å²) >= 11 is 0. The normalized spacial score (nSPS) is 18.2. The predicted octanol–water partition coefficient (Wildman–Crippen LogP) is 4.64. The van der Waals surface area contributed by atoms with Gasteiger partial charge in [0.2, 0.25) is 0 Å². The number of nitrogens with zero attached hydrogens (tertiary/aromatic N) is 1. The van der Waals surface area contributed by atoms with E-state index < -0.39 is 0 Å². The molecule has 1 heterocycles. The molecule has 4 rings (SSSR count). The summed E-state index contributed by atoms with van der Waals surface area (Å²) in [7, 11) is 4.95. The third-order valence-electron chi connectivity index (χ3n) is 5.50.